The predicted molar refractivity (Wildman–Crippen MR) is 203 cm³/mol. The quantitative estimate of drug-likeness (QED) is 0.0970. The first-order valence-electron chi connectivity index (χ1n) is 17.4. The molecule has 0 heterocycles. The van der Waals surface area contributed by atoms with Crippen LogP contribution in [0.3, 0.4) is 0 Å². The van der Waals surface area contributed by atoms with E-state index < -0.39 is 0 Å². The van der Waals surface area contributed by atoms with E-state index in [0.717, 1.165) is 33.4 Å². The molecule has 7 nitrogen and oxygen atoms in total. The second-order valence-corrected chi connectivity index (χ2v) is 12.3. The lowest BCUT2D eigenvalue weighted by Crippen LogP contribution is -2.27. The van der Waals surface area contributed by atoms with Crippen molar-refractivity contribution in [3.05, 3.63) is 185 Å². The van der Waals surface area contributed by atoms with E-state index in [1.165, 1.54) is 0 Å². The average Bonchev–Trinajstić information content (AvgIpc) is 3.19. The molecule has 0 fully saturated rings. The minimum atomic E-state index is -0.0951. The summed E-state index contributed by atoms with van der Waals surface area (Å²) in [7, 11) is 1.62. The Morgan fingerprint density at radius 2 is 0.904 bits per heavy atom. The van der Waals surface area contributed by atoms with Crippen LogP contribution < -0.4 is 29.0 Å². The van der Waals surface area contributed by atoms with Gasteiger partial charge in [0.05, 0.1) is 13.5 Å². The van der Waals surface area contributed by atoms with Crippen molar-refractivity contribution >= 4 is 5.91 Å². The second-order valence-electron chi connectivity index (χ2n) is 12.3. The maximum atomic E-state index is 13.2. The van der Waals surface area contributed by atoms with Gasteiger partial charge in [-0.2, -0.15) is 0 Å². The van der Waals surface area contributed by atoms with E-state index in [1.54, 1.807) is 7.11 Å². The number of carbonyl (C=O) groups excluding carboxylic acids is 1. The van der Waals surface area contributed by atoms with E-state index in [4.69, 9.17) is 23.7 Å². The third kappa shape index (κ3) is 10.6. The first-order valence-corrected chi connectivity index (χ1v) is 17.4. The van der Waals surface area contributed by atoms with Gasteiger partial charge in [0.25, 0.3) is 0 Å². The molecule has 0 aliphatic carbocycles. The zero-order valence-corrected chi connectivity index (χ0v) is 29.3. The number of nitrogens with one attached hydrogen (secondary N) is 1. The highest BCUT2D eigenvalue weighted by atomic mass is 16.5. The molecule has 0 atom stereocenters. The van der Waals surface area contributed by atoms with E-state index in [0.29, 0.717) is 68.1 Å². The lowest BCUT2D eigenvalue weighted by molar-refractivity contribution is -0.120. The van der Waals surface area contributed by atoms with Gasteiger partial charge in [0.15, 0.2) is 23.0 Å². The van der Waals surface area contributed by atoms with Gasteiger partial charge in [-0.05, 0) is 64.1 Å². The van der Waals surface area contributed by atoms with Crippen molar-refractivity contribution in [2.75, 3.05) is 13.7 Å². The lowest BCUT2D eigenvalue weighted by Gasteiger charge is -2.18. The van der Waals surface area contributed by atoms with E-state index in [-0.39, 0.29) is 12.3 Å². The summed E-state index contributed by atoms with van der Waals surface area (Å²) in [6.07, 6.45) is 0.766. The van der Waals surface area contributed by atoms with E-state index >= 15 is 0 Å². The first kappa shape index (κ1) is 35.6. The Morgan fingerprint density at radius 3 is 1.42 bits per heavy atom. The molecule has 52 heavy (non-hydrogen) atoms. The van der Waals surface area contributed by atoms with Gasteiger partial charge in [0.2, 0.25) is 11.7 Å². The molecule has 0 bridgehead atoms. The van der Waals surface area contributed by atoms with Crippen LogP contribution in [-0.4, -0.2) is 19.6 Å². The number of amides is 1. The maximum absolute atomic E-state index is 13.2. The molecule has 0 unspecified atom stereocenters. The van der Waals surface area contributed by atoms with Gasteiger partial charge < -0.3 is 29.0 Å². The molecule has 0 radical (unpaired) electrons. The molecule has 1 N–H and O–H groups in total. The molecule has 6 aromatic rings. The average molecular weight is 694 g/mol. The zero-order chi connectivity index (χ0) is 35.8. The molecular weight excluding hydrogens is 650 g/mol. The minimum Gasteiger partial charge on any atom is -0.493 e. The van der Waals surface area contributed by atoms with Crippen LogP contribution in [0.1, 0.15) is 33.4 Å². The van der Waals surface area contributed by atoms with Crippen LogP contribution in [0.4, 0.5) is 0 Å². The molecule has 0 saturated heterocycles. The SMILES string of the molecule is COc1cc(CCNC(=O)Cc2ccc(OCc3ccccc3)c(OCc3ccccc3)c2)cc(OCc2ccccc2)c1OCc1ccccc1. The van der Waals surface area contributed by atoms with Crippen LogP contribution in [0.25, 0.3) is 0 Å². The summed E-state index contributed by atoms with van der Waals surface area (Å²) in [5.74, 6) is 2.81. The second kappa shape index (κ2) is 18.7. The van der Waals surface area contributed by atoms with Gasteiger partial charge in [0, 0.05) is 6.54 Å². The topological polar surface area (TPSA) is 75.3 Å². The fourth-order valence-electron chi connectivity index (χ4n) is 5.60. The van der Waals surface area contributed by atoms with Crippen LogP contribution in [-0.2, 0) is 44.1 Å². The Bertz CT molecular complexity index is 1990. The maximum Gasteiger partial charge on any atom is 0.224 e. The molecule has 6 rings (SSSR count). The highest BCUT2D eigenvalue weighted by Crippen LogP contribution is 2.40. The van der Waals surface area contributed by atoms with Gasteiger partial charge >= 0.3 is 0 Å². The van der Waals surface area contributed by atoms with E-state index in [1.807, 2.05) is 152 Å². The van der Waals surface area contributed by atoms with Gasteiger partial charge in [-0.15, -0.1) is 0 Å². The van der Waals surface area contributed by atoms with Gasteiger partial charge in [-0.3, -0.25) is 4.79 Å². The number of rotatable bonds is 18. The number of ether oxygens (including phenoxy) is 5. The predicted octanol–water partition coefficient (Wildman–Crippen LogP) is 8.91. The highest BCUT2D eigenvalue weighted by Gasteiger charge is 2.17. The fraction of sp³-hybridized carbons (Fsp3) is 0.178. The van der Waals surface area contributed by atoms with Crippen molar-refractivity contribution in [3.8, 4) is 28.7 Å². The largest absolute Gasteiger partial charge is 0.493 e. The Labute approximate surface area is 305 Å². The lowest BCUT2D eigenvalue weighted by atomic mass is 10.1. The summed E-state index contributed by atoms with van der Waals surface area (Å²) in [6.45, 7) is 1.97. The van der Waals surface area contributed by atoms with Gasteiger partial charge in [-0.25, -0.2) is 0 Å². The van der Waals surface area contributed by atoms with Crippen LogP contribution in [0.5, 0.6) is 28.7 Å². The van der Waals surface area contributed by atoms with Crippen molar-refractivity contribution in [1.29, 1.82) is 0 Å². The minimum absolute atomic E-state index is 0.0951. The molecule has 0 aliphatic rings. The van der Waals surface area contributed by atoms with Crippen LogP contribution in [0.2, 0.25) is 0 Å². The summed E-state index contributed by atoms with van der Waals surface area (Å²) in [6, 6.07) is 49.5. The number of methoxy groups -OCH3 is 1. The Balaban J connectivity index is 1.10. The third-order valence-electron chi connectivity index (χ3n) is 8.35. The number of hydrogen-bond acceptors (Lipinski definition) is 6. The molecule has 264 valence electrons. The van der Waals surface area contributed by atoms with Crippen molar-refractivity contribution in [2.24, 2.45) is 0 Å². The van der Waals surface area contributed by atoms with Crippen LogP contribution in [0.15, 0.2) is 152 Å². The summed E-state index contributed by atoms with van der Waals surface area (Å²) < 4.78 is 30.7. The highest BCUT2D eigenvalue weighted by molar-refractivity contribution is 5.78. The molecular formula is C45H43NO6. The Morgan fingerprint density at radius 1 is 0.462 bits per heavy atom. The van der Waals surface area contributed by atoms with E-state index in [9.17, 15) is 4.79 Å². The molecule has 0 saturated carbocycles. The van der Waals surface area contributed by atoms with Gasteiger partial charge in [0.1, 0.15) is 26.4 Å². The van der Waals surface area contributed by atoms with E-state index in [2.05, 4.69) is 5.32 Å². The number of carbonyl (C=O) groups is 1. The number of hydrogen-bond donors (Lipinski definition) is 1. The summed E-state index contributed by atoms with van der Waals surface area (Å²) in [4.78, 5) is 13.2. The molecule has 0 spiro atoms. The number of benzene rings is 6. The normalized spacial score (nSPS) is 10.6. The Kier molecular flexibility index (Phi) is 12.8. The standard InChI is InChI=1S/C45H43NO6/c1-48-42-27-39(28-43(51-32-36-18-10-4-11-19-36)45(42)52-33-37-20-12-5-13-21-37)24-25-46-44(47)29-38-22-23-40(49-30-34-14-6-2-7-15-34)41(26-38)50-31-35-16-8-3-9-17-35/h2-23,26-28H,24-25,29-33H2,1H3,(H,46,47). The molecule has 6 aromatic carbocycles. The molecule has 0 aliphatic heterocycles. The van der Waals surface area contributed by atoms with Crippen molar-refractivity contribution in [1.82, 2.24) is 5.32 Å². The summed E-state index contributed by atoms with van der Waals surface area (Å²) in [5.41, 5.74) is 5.95. The van der Waals surface area contributed by atoms with Crippen molar-refractivity contribution in [2.45, 2.75) is 39.3 Å². The third-order valence-corrected chi connectivity index (χ3v) is 8.35. The first-order chi connectivity index (χ1) is 25.6. The summed E-state index contributed by atoms with van der Waals surface area (Å²) in [5, 5.41) is 3.07. The van der Waals surface area contributed by atoms with Gasteiger partial charge in [-0.1, -0.05) is 127 Å². The summed E-state index contributed by atoms with van der Waals surface area (Å²) >= 11 is 0. The Hall–Kier alpha value is -6.21. The monoisotopic (exact) mass is 693 g/mol. The zero-order valence-electron chi connectivity index (χ0n) is 29.3. The van der Waals surface area contributed by atoms with Crippen LogP contribution >= 0.6 is 0 Å². The van der Waals surface area contributed by atoms with Crippen molar-refractivity contribution < 1.29 is 28.5 Å². The molecule has 7 heteroatoms. The smallest absolute Gasteiger partial charge is 0.224 e. The molecule has 0 aromatic heterocycles. The van der Waals surface area contributed by atoms with Crippen LogP contribution in [0, 0.1) is 0 Å². The molecule has 1 amide bonds. The van der Waals surface area contributed by atoms with Crippen molar-refractivity contribution in [3.63, 3.8) is 0 Å². The fourth-order valence-corrected chi connectivity index (χ4v) is 5.60.